The van der Waals surface area contributed by atoms with Crippen molar-refractivity contribution in [3.8, 4) is 0 Å². The third-order valence-corrected chi connectivity index (χ3v) is 7.68. The summed E-state index contributed by atoms with van der Waals surface area (Å²) in [7, 11) is 0. The van der Waals surface area contributed by atoms with Crippen molar-refractivity contribution < 1.29 is 53.1 Å². The topological polar surface area (TPSA) is 199 Å². The number of carboxylic acid groups (broad SMARTS) is 2. The molecule has 0 aliphatic heterocycles. The van der Waals surface area contributed by atoms with Crippen molar-refractivity contribution in [1.82, 2.24) is 16.0 Å². The molecule has 0 aromatic rings. The van der Waals surface area contributed by atoms with E-state index in [4.69, 9.17) is 24.1 Å². The summed E-state index contributed by atoms with van der Waals surface area (Å²) in [5.41, 5.74) is 0. The first-order chi connectivity index (χ1) is 23.9. The molecule has 5 N–H and O–H groups in total. The van der Waals surface area contributed by atoms with Crippen molar-refractivity contribution in [2.45, 2.75) is 122 Å². The van der Waals surface area contributed by atoms with Crippen LogP contribution in [0.25, 0.3) is 0 Å². The average Bonchev–Trinajstić information content (AvgIpc) is 3.07. The molecular formula is C35H65N3O11. The number of rotatable bonds is 39. The number of aliphatic carboxylic acids is 2. The SMILES string of the molecule is O=CCOCCOCCNC(=O)COCCOCCNCCCC(NC(=O)CCCCCCCCCCCCCCCCC(=O)O)C(=O)O. The Balaban J connectivity index is 3.54. The Bertz CT molecular complexity index is 833. The summed E-state index contributed by atoms with van der Waals surface area (Å²) >= 11 is 0. The van der Waals surface area contributed by atoms with Gasteiger partial charge in [-0.3, -0.25) is 14.4 Å². The zero-order chi connectivity index (χ0) is 36.0. The Morgan fingerprint density at radius 1 is 0.551 bits per heavy atom. The van der Waals surface area contributed by atoms with Crippen molar-refractivity contribution in [1.29, 1.82) is 0 Å². The van der Waals surface area contributed by atoms with Gasteiger partial charge < -0.3 is 49.9 Å². The molecule has 0 fully saturated rings. The highest BCUT2D eigenvalue weighted by Gasteiger charge is 2.19. The summed E-state index contributed by atoms with van der Waals surface area (Å²) in [6.07, 6.45) is 17.8. The summed E-state index contributed by atoms with van der Waals surface area (Å²) in [6, 6.07) is -0.891. The number of hydrogen-bond acceptors (Lipinski definition) is 10. The van der Waals surface area contributed by atoms with Gasteiger partial charge in [-0.1, -0.05) is 77.0 Å². The third-order valence-electron chi connectivity index (χ3n) is 7.68. The largest absolute Gasteiger partial charge is 0.481 e. The summed E-state index contributed by atoms with van der Waals surface area (Å²) in [4.78, 5) is 56.1. The zero-order valence-corrected chi connectivity index (χ0v) is 29.7. The molecule has 1 unspecified atom stereocenters. The van der Waals surface area contributed by atoms with E-state index in [9.17, 15) is 29.1 Å². The Morgan fingerprint density at radius 3 is 1.61 bits per heavy atom. The monoisotopic (exact) mass is 703 g/mol. The van der Waals surface area contributed by atoms with Crippen LogP contribution in [-0.2, 0) is 42.9 Å². The molecule has 0 aliphatic rings. The number of amides is 2. The smallest absolute Gasteiger partial charge is 0.326 e. The minimum atomic E-state index is -1.02. The van der Waals surface area contributed by atoms with Gasteiger partial charge >= 0.3 is 11.9 Å². The number of hydrogen-bond donors (Lipinski definition) is 5. The van der Waals surface area contributed by atoms with Gasteiger partial charge in [0.15, 0.2) is 0 Å². The first-order valence-electron chi connectivity index (χ1n) is 18.3. The van der Waals surface area contributed by atoms with Crippen molar-refractivity contribution in [3.05, 3.63) is 0 Å². The van der Waals surface area contributed by atoms with Gasteiger partial charge in [-0.15, -0.1) is 0 Å². The number of unbranched alkanes of at least 4 members (excludes halogenated alkanes) is 13. The standard InChI is InChI=1S/C35H65N3O11/c39-22-25-48-27-26-47-24-21-37-33(41)30-49-29-28-46-23-20-36-19-15-16-31(35(44)45)38-32(40)17-13-11-9-7-5-3-1-2-4-6-8-10-12-14-18-34(42)43/h22,31,36H,1-21,23-30H2,(H,37,41)(H,38,40)(H,42,43)(H,44,45). The first-order valence-corrected chi connectivity index (χ1v) is 18.3. The average molecular weight is 704 g/mol. The van der Waals surface area contributed by atoms with E-state index in [0.29, 0.717) is 78.2 Å². The van der Waals surface area contributed by atoms with E-state index in [0.717, 1.165) is 44.9 Å². The second-order valence-corrected chi connectivity index (χ2v) is 12.1. The Morgan fingerprint density at radius 2 is 1.06 bits per heavy atom. The number of aldehydes is 1. The number of nitrogens with one attached hydrogen (secondary N) is 3. The lowest BCUT2D eigenvalue weighted by molar-refractivity contribution is -0.142. The Labute approximate surface area is 293 Å². The molecule has 1 atom stereocenters. The maximum Gasteiger partial charge on any atom is 0.326 e. The predicted octanol–water partition coefficient (Wildman–Crippen LogP) is 3.63. The van der Waals surface area contributed by atoms with Crippen LogP contribution in [0.3, 0.4) is 0 Å². The quantitative estimate of drug-likeness (QED) is 0.0461. The van der Waals surface area contributed by atoms with Crippen LogP contribution in [0, 0.1) is 0 Å². The first kappa shape index (κ1) is 46.4. The summed E-state index contributed by atoms with van der Waals surface area (Å²) in [5, 5.41) is 26.6. The molecule has 0 bridgehead atoms. The van der Waals surface area contributed by atoms with Crippen LogP contribution < -0.4 is 16.0 Å². The highest BCUT2D eigenvalue weighted by molar-refractivity contribution is 5.83. The number of carboxylic acids is 2. The van der Waals surface area contributed by atoms with Crippen molar-refractivity contribution in [2.75, 3.05) is 72.5 Å². The van der Waals surface area contributed by atoms with E-state index < -0.39 is 18.0 Å². The van der Waals surface area contributed by atoms with Gasteiger partial charge in [-0.05, 0) is 32.2 Å². The number of carbonyl (C=O) groups is 5. The van der Waals surface area contributed by atoms with Gasteiger partial charge in [0.25, 0.3) is 0 Å². The third kappa shape index (κ3) is 36.5. The molecule has 0 rings (SSSR count). The summed E-state index contributed by atoms with van der Waals surface area (Å²) < 4.78 is 20.9. The lowest BCUT2D eigenvalue weighted by atomic mass is 10.0. The van der Waals surface area contributed by atoms with Crippen LogP contribution in [0.15, 0.2) is 0 Å². The highest BCUT2D eigenvalue weighted by Crippen LogP contribution is 2.14. The minimum Gasteiger partial charge on any atom is -0.481 e. The van der Waals surface area contributed by atoms with Gasteiger partial charge in [-0.2, -0.15) is 0 Å². The van der Waals surface area contributed by atoms with E-state index >= 15 is 0 Å². The normalized spacial score (nSPS) is 11.7. The maximum absolute atomic E-state index is 12.3. The molecule has 14 heteroatoms. The zero-order valence-electron chi connectivity index (χ0n) is 29.7. The molecule has 0 aromatic carbocycles. The van der Waals surface area contributed by atoms with E-state index in [2.05, 4.69) is 16.0 Å². The summed E-state index contributed by atoms with van der Waals surface area (Å²) in [5.74, 6) is -2.18. The molecule has 0 saturated heterocycles. The predicted molar refractivity (Wildman–Crippen MR) is 186 cm³/mol. The van der Waals surface area contributed by atoms with Crippen LogP contribution in [0.5, 0.6) is 0 Å². The van der Waals surface area contributed by atoms with Crippen LogP contribution in [0.1, 0.15) is 116 Å². The minimum absolute atomic E-state index is 0.0442. The Hall–Kier alpha value is -2.65. The fourth-order valence-electron chi connectivity index (χ4n) is 4.96. The van der Waals surface area contributed by atoms with Crippen molar-refractivity contribution in [3.63, 3.8) is 0 Å². The number of ether oxygens (including phenoxy) is 4. The van der Waals surface area contributed by atoms with Gasteiger partial charge in [0.2, 0.25) is 11.8 Å². The van der Waals surface area contributed by atoms with Crippen LogP contribution in [0.4, 0.5) is 0 Å². The molecule has 14 nitrogen and oxygen atoms in total. The fourth-order valence-corrected chi connectivity index (χ4v) is 4.96. The van der Waals surface area contributed by atoms with E-state index in [1.165, 1.54) is 44.9 Å². The van der Waals surface area contributed by atoms with Gasteiger partial charge in [-0.25, -0.2) is 4.79 Å². The van der Waals surface area contributed by atoms with Gasteiger partial charge in [0.05, 0.1) is 39.6 Å². The molecule has 0 aliphatic carbocycles. The van der Waals surface area contributed by atoms with Crippen LogP contribution >= 0.6 is 0 Å². The molecule has 49 heavy (non-hydrogen) atoms. The van der Waals surface area contributed by atoms with Crippen LogP contribution in [0.2, 0.25) is 0 Å². The lowest BCUT2D eigenvalue weighted by Gasteiger charge is -2.15. The molecular weight excluding hydrogens is 638 g/mol. The highest BCUT2D eigenvalue weighted by atomic mass is 16.5. The molecule has 0 spiro atoms. The van der Waals surface area contributed by atoms with Gasteiger partial charge in [0, 0.05) is 25.9 Å². The van der Waals surface area contributed by atoms with Crippen molar-refractivity contribution >= 4 is 30.0 Å². The second kappa shape index (κ2) is 36.6. The summed E-state index contributed by atoms with van der Waals surface area (Å²) in [6.45, 7) is 3.58. The fraction of sp³-hybridized carbons (Fsp3) is 0.857. The lowest BCUT2D eigenvalue weighted by Crippen LogP contribution is -2.41. The van der Waals surface area contributed by atoms with Gasteiger partial charge in [0.1, 0.15) is 25.5 Å². The van der Waals surface area contributed by atoms with E-state index in [-0.39, 0.29) is 38.1 Å². The molecule has 0 radical (unpaired) electrons. The Kier molecular flexibility index (Phi) is 34.6. The maximum atomic E-state index is 12.3. The molecule has 286 valence electrons. The van der Waals surface area contributed by atoms with E-state index in [1.54, 1.807) is 0 Å². The molecule has 0 aromatic heterocycles. The van der Waals surface area contributed by atoms with Crippen molar-refractivity contribution in [2.24, 2.45) is 0 Å². The number of carbonyl (C=O) groups excluding carboxylic acids is 3. The van der Waals surface area contributed by atoms with E-state index in [1.807, 2.05) is 0 Å². The van der Waals surface area contributed by atoms with Crippen LogP contribution in [-0.4, -0.2) is 119 Å². The second-order valence-electron chi connectivity index (χ2n) is 12.1. The molecule has 0 heterocycles. The molecule has 2 amide bonds. The molecule has 0 saturated carbocycles.